The Morgan fingerprint density at radius 1 is 0.600 bits per heavy atom. The number of carbonyl (C=O) groups is 1. The zero-order valence-corrected chi connectivity index (χ0v) is 13.5. The third-order valence-corrected chi connectivity index (χ3v) is 4.38. The fourth-order valence-electron chi connectivity index (χ4n) is 1.10. The summed E-state index contributed by atoms with van der Waals surface area (Å²) in [6, 6.07) is 0. The average Bonchev–Trinajstić information content (AvgIpc) is 2.35. The smallest absolute Gasteiger partial charge is 0.395 e. The first kappa shape index (κ1) is 24.9. The molecule has 0 aromatic heterocycles. The van der Waals surface area contributed by atoms with Crippen LogP contribution in [0.1, 0.15) is 0 Å². The SMILES string of the molecule is O=C(O)C(F)(F)[C@@](F)(Cl)C(F)(F)[C@](F)(Cl)C(F)(F)[C@@](F)(Cl)C(F)(F)Cl. The minimum Gasteiger partial charge on any atom is -0.477 e. The molecule has 3 atom stereocenters. The largest absolute Gasteiger partial charge is 0.477 e. The highest BCUT2D eigenvalue weighted by atomic mass is 35.5. The number of rotatable bonds is 7. The predicted molar refractivity (Wildman–Crippen MR) is 62.4 cm³/mol. The zero-order valence-electron chi connectivity index (χ0n) is 10.5. The van der Waals surface area contributed by atoms with Gasteiger partial charge in [0.25, 0.3) is 0 Å². The van der Waals surface area contributed by atoms with E-state index >= 15 is 0 Å². The fraction of sp³-hybridized carbons (Fsp3) is 0.875. The van der Waals surface area contributed by atoms with E-state index in [0.717, 1.165) is 0 Å². The molecule has 0 aliphatic heterocycles. The maximum Gasteiger partial charge on any atom is 0.395 e. The van der Waals surface area contributed by atoms with Gasteiger partial charge >= 0.3 is 44.5 Å². The van der Waals surface area contributed by atoms with Gasteiger partial charge in [0.2, 0.25) is 0 Å². The molecular weight excluding hydrogens is 479 g/mol. The van der Waals surface area contributed by atoms with Crippen LogP contribution in [-0.2, 0) is 4.79 Å². The van der Waals surface area contributed by atoms with Crippen molar-refractivity contribution < 1.29 is 58.2 Å². The second-order valence-corrected chi connectivity index (χ2v) is 6.29. The molecule has 0 saturated carbocycles. The Hall–Kier alpha value is -0.140. The highest BCUT2D eigenvalue weighted by molar-refractivity contribution is 6.34. The van der Waals surface area contributed by atoms with E-state index in [-0.39, 0.29) is 0 Å². The van der Waals surface area contributed by atoms with Crippen LogP contribution in [0.25, 0.3) is 0 Å². The van der Waals surface area contributed by atoms with Crippen molar-refractivity contribution in [1.29, 1.82) is 0 Å². The number of alkyl halides is 15. The van der Waals surface area contributed by atoms with Gasteiger partial charge in [-0.15, -0.1) is 0 Å². The molecule has 0 spiro atoms. The summed E-state index contributed by atoms with van der Waals surface area (Å²) < 4.78 is 145. The zero-order chi connectivity index (χ0) is 21.1. The lowest BCUT2D eigenvalue weighted by atomic mass is 9.94. The lowest BCUT2D eigenvalue weighted by molar-refractivity contribution is -0.305. The fourth-order valence-corrected chi connectivity index (χ4v) is 1.92. The average molecular weight is 480 g/mol. The highest BCUT2D eigenvalue weighted by Crippen LogP contribution is 2.64. The van der Waals surface area contributed by atoms with Crippen molar-refractivity contribution >= 4 is 52.4 Å². The monoisotopic (exact) mass is 478 g/mol. The van der Waals surface area contributed by atoms with E-state index in [1.54, 1.807) is 0 Å². The number of halogens is 15. The van der Waals surface area contributed by atoms with Gasteiger partial charge in [0.1, 0.15) is 0 Å². The van der Waals surface area contributed by atoms with Crippen LogP contribution in [0.5, 0.6) is 0 Å². The molecule has 0 saturated heterocycles. The summed E-state index contributed by atoms with van der Waals surface area (Å²) in [4.78, 5) is 10.0. The number of hydrogen-bond acceptors (Lipinski definition) is 1. The van der Waals surface area contributed by atoms with Crippen molar-refractivity contribution in [3.05, 3.63) is 0 Å². The van der Waals surface area contributed by atoms with Gasteiger partial charge in [-0.1, -0.05) is 34.8 Å². The number of hydrogen-bond donors (Lipinski definition) is 1. The van der Waals surface area contributed by atoms with Crippen LogP contribution < -0.4 is 0 Å². The Morgan fingerprint density at radius 3 is 1.12 bits per heavy atom. The molecule has 150 valence electrons. The summed E-state index contributed by atoms with van der Waals surface area (Å²) in [5.74, 6) is -24.7. The Balaban J connectivity index is 6.55. The lowest BCUT2D eigenvalue weighted by Gasteiger charge is -2.43. The molecule has 17 heteroatoms. The molecule has 0 aromatic carbocycles. The summed E-state index contributed by atoms with van der Waals surface area (Å²) in [5.41, 5.74) is 0. The van der Waals surface area contributed by atoms with Crippen LogP contribution in [0.3, 0.4) is 0 Å². The van der Waals surface area contributed by atoms with Crippen LogP contribution in [0, 0.1) is 0 Å². The third-order valence-electron chi connectivity index (χ3n) is 2.60. The van der Waals surface area contributed by atoms with E-state index in [2.05, 4.69) is 46.4 Å². The number of aliphatic carboxylic acids is 1. The first-order chi connectivity index (χ1) is 10.4. The van der Waals surface area contributed by atoms with Gasteiger partial charge < -0.3 is 5.11 Å². The maximum absolute atomic E-state index is 13.7. The molecule has 0 rings (SSSR count). The van der Waals surface area contributed by atoms with Crippen LogP contribution >= 0.6 is 46.4 Å². The van der Waals surface area contributed by atoms with Crippen molar-refractivity contribution in [2.45, 2.75) is 38.5 Å². The summed E-state index contributed by atoms with van der Waals surface area (Å²) in [6.07, 6.45) is 0. The van der Waals surface area contributed by atoms with E-state index in [0.29, 0.717) is 0 Å². The summed E-state index contributed by atoms with van der Waals surface area (Å²) in [5, 5.41) is -17.9. The summed E-state index contributed by atoms with van der Waals surface area (Å²) in [7, 11) is 0. The van der Waals surface area contributed by atoms with Gasteiger partial charge in [0, 0.05) is 0 Å². The van der Waals surface area contributed by atoms with E-state index in [1.807, 2.05) is 0 Å². The van der Waals surface area contributed by atoms with E-state index < -0.39 is 44.5 Å². The number of carboxylic acid groups (broad SMARTS) is 1. The van der Waals surface area contributed by atoms with Gasteiger partial charge in [-0.3, -0.25) is 0 Å². The van der Waals surface area contributed by atoms with E-state index in [4.69, 9.17) is 5.11 Å². The molecule has 0 bridgehead atoms. The second-order valence-electron chi connectivity index (χ2n) is 4.25. The van der Waals surface area contributed by atoms with Crippen molar-refractivity contribution in [2.75, 3.05) is 0 Å². The van der Waals surface area contributed by atoms with Crippen LogP contribution in [0.15, 0.2) is 0 Å². The minimum absolute atomic E-state index is 3.76. The highest BCUT2D eigenvalue weighted by Gasteiger charge is 2.90. The van der Waals surface area contributed by atoms with Crippen molar-refractivity contribution in [2.24, 2.45) is 0 Å². The number of carboxylic acids is 1. The molecule has 0 radical (unpaired) electrons. The van der Waals surface area contributed by atoms with Gasteiger partial charge in [-0.05, 0) is 11.6 Å². The molecule has 25 heavy (non-hydrogen) atoms. The third kappa shape index (κ3) is 3.18. The van der Waals surface area contributed by atoms with Gasteiger partial charge in [-0.2, -0.15) is 35.1 Å². The van der Waals surface area contributed by atoms with E-state index in [9.17, 15) is 53.1 Å². The lowest BCUT2D eigenvalue weighted by Crippen LogP contribution is -2.72. The molecule has 0 aromatic rings. The molecule has 0 fully saturated rings. The summed E-state index contributed by atoms with van der Waals surface area (Å²) in [6.45, 7) is 0. The summed E-state index contributed by atoms with van der Waals surface area (Å²) >= 11 is 15.4. The Bertz CT molecular complexity index is 543. The van der Waals surface area contributed by atoms with Crippen LogP contribution in [0.4, 0.5) is 48.3 Å². The van der Waals surface area contributed by atoms with Gasteiger partial charge in [0.05, 0.1) is 0 Å². The topological polar surface area (TPSA) is 37.3 Å². The van der Waals surface area contributed by atoms with Crippen LogP contribution in [-0.4, -0.2) is 49.6 Å². The molecule has 1 N–H and O–H groups in total. The molecule has 0 aliphatic carbocycles. The molecular formula is C8HCl4F11O2. The molecule has 0 amide bonds. The van der Waals surface area contributed by atoms with Gasteiger partial charge in [0.15, 0.2) is 0 Å². The molecule has 0 aliphatic rings. The Labute approximate surface area is 149 Å². The molecule has 0 unspecified atom stereocenters. The minimum atomic E-state index is -7.23. The standard InChI is InChI=1S/C8HCl4F11O2/c9-3(15,2(13,14)1(24)25)6(18,19)4(10,16)7(20,21)5(11,17)8(12,22)23/h(H,24,25)/t3-,4+,5-/m0/s1. The Kier molecular flexibility index (Phi) is 6.16. The van der Waals surface area contributed by atoms with Crippen LogP contribution in [0.2, 0.25) is 0 Å². The maximum atomic E-state index is 13.7. The van der Waals surface area contributed by atoms with Gasteiger partial charge in [-0.25, -0.2) is 18.0 Å². The van der Waals surface area contributed by atoms with Crippen molar-refractivity contribution in [3.63, 3.8) is 0 Å². The van der Waals surface area contributed by atoms with Crippen molar-refractivity contribution in [1.82, 2.24) is 0 Å². The molecule has 0 heterocycles. The normalized spacial score (nSPS) is 21.9. The second kappa shape index (κ2) is 6.20. The van der Waals surface area contributed by atoms with E-state index in [1.165, 1.54) is 0 Å². The van der Waals surface area contributed by atoms with Crippen molar-refractivity contribution in [3.8, 4) is 0 Å². The first-order valence-corrected chi connectivity index (χ1v) is 6.52. The Morgan fingerprint density at radius 2 is 0.880 bits per heavy atom. The first-order valence-electron chi connectivity index (χ1n) is 5.01. The quantitative estimate of drug-likeness (QED) is 0.385. The predicted octanol–water partition coefficient (Wildman–Crippen LogP) is 5.52. The molecule has 2 nitrogen and oxygen atoms in total.